The second-order valence-corrected chi connectivity index (χ2v) is 5.68. The zero-order chi connectivity index (χ0) is 14.7. The van der Waals surface area contributed by atoms with Crippen LogP contribution in [-0.4, -0.2) is 21.2 Å². The molecular weight excluding hydrogens is 324 g/mol. The van der Waals surface area contributed by atoms with Crippen molar-refractivity contribution >= 4 is 21.9 Å². The maximum absolute atomic E-state index is 10.9. The minimum Gasteiger partial charge on any atom is -0.481 e. The van der Waals surface area contributed by atoms with Crippen LogP contribution >= 0.6 is 15.9 Å². The number of aromatic nitrogens is 2. The molecule has 0 radical (unpaired) electrons. The summed E-state index contributed by atoms with van der Waals surface area (Å²) in [5.74, 6) is -0.807. The highest BCUT2D eigenvalue weighted by Crippen LogP contribution is 2.23. The van der Waals surface area contributed by atoms with E-state index < -0.39 is 11.9 Å². The van der Waals surface area contributed by atoms with Gasteiger partial charge in [-0.2, -0.15) is 4.98 Å². The van der Waals surface area contributed by atoms with Crippen LogP contribution in [-0.2, 0) is 11.2 Å². The molecule has 0 saturated carbocycles. The first-order valence-corrected chi connectivity index (χ1v) is 7.06. The van der Waals surface area contributed by atoms with Crippen molar-refractivity contribution < 1.29 is 14.4 Å². The second kappa shape index (κ2) is 6.17. The number of hydrogen-bond donors (Lipinski definition) is 1. The maximum atomic E-state index is 10.9. The minimum absolute atomic E-state index is 0.307. The number of halogens is 1. The SMILES string of the molecule is CC(C(=O)O)C(C)c1nc(Cc2ccc(Br)cc2)no1. The van der Waals surface area contributed by atoms with Crippen LogP contribution in [0.5, 0.6) is 0 Å². The fourth-order valence-corrected chi connectivity index (χ4v) is 2.00. The van der Waals surface area contributed by atoms with Crippen molar-refractivity contribution in [1.82, 2.24) is 10.1 Å². The van der Waals surface area contributed by atoms with Gasteiger partial charge in [0.2, 0.25) is 5.89 Å². The van der Waals surface area contributed by atoms with Crippen LogP contribution in [0.15, 0.2) is 33.3 Å². The normalized spacial score (nSPS) is 13.9. The number of hydrogen-bond acceptors (Lipinski definition) is 4. The lowest BCUT2D eigenvalue weighted by atomic mass is 9.96. The lowest BCUT2D eigenvalue weighted by Crippen LogP contribution is -2.16. The smallest absolute Gasteiger partial charge is 0.307 e. The molecule has 1 heterocycles. The summed E-state index contributed by atoms with van der Waals surface area (Å²) in [6.45, 7) is 3.40. The van der Waals surface area contributed by atoms with Gasteiger partial charge in [0.15, 0.2) is 5.82 Å². The summed E-state index contributed by atoms with van der Waals surface area (Å²) in [6, 6.07) is 7.85. The van der Waals surface area contributed by atoms with Gasteiger partial charge in [-0.25, -0.2) is 0 Å². The number of rotatable bonds is 5. The molecule has 2 atom stereocenters. The van der Waals surface area contributed by atoms with Crippen molar-refractivity contribution in [1.29, 1.82) is 0 Å². The first-order valence-electron chi connectivity index (χ1n) is 6.27. The zero-order valence-corrected chi connectivity index (χ0v) is 12.8. The van der Waals surface area contributed by atoms with Gasteiger partial charge in [-0.15, -0.1) is 0 Å². The topological polar surface area (TPSA) is 76.2 Å². The van der Waals surface area contributed by atoms with Crippen molar-refractivity contribution in [3.05, 3.63) is 46.0 Å². The molecule has 2 aromatic rings. The standard InChI is InChI=1S/C14H15BrN2O3/c1-8(9(2)14(18)19)13-16-12(17-20-13)7-10-3-5-11(15)6-4-10/h3-6,8-9H,7H2,1-2H3,(H,18,19). The molecule has 1 aromatic carbocycles. The van der Waals surface area contributed by atoms with Gasteiger partial charge < -0.3 is 9.63 Å². The molecule has 1 aromatic heterocycles. The molecule has 0 saturated heterocycles. The summed E-state index contributed by atoms with van der Waals surface area (Å²) in [7, 11) is 0. The Hall–Kier alpha value is -1.69. The Kier molecular flexibility index (Phi) is 4.54. The van der Waals surface area contributed by atoms with E-state index in [2.05, 4.69) is 26.1 Å². The molecule has 2 unspecified atom stereocenters. The van der Waals surface area contributed by atoms with E-state index in [0.717, 1.165) is 10.0 Å². The third-order valence-electron chi connectivity index (χ3n) is 3.29. The molecule has 20 heavy (non-hydrogen) atoms. The van der Waals surface area contributed by atoms with Crippen LogP contribution in [0.4, 0.5) is 0 Å². The van der Waals surface area contributed by atoms with Gasteiger partial charge in [-0.3, -0.25) is 4.79 Å². The first kappa shape index (κ1) is 14.7. The van der Waals surface area contributed by atoms with Gasteiger partial charge in [-0.1, -0.05) is 47.1 Å². The third kappa shape index (κ3) is 3.45. The van der Waals surface area contributed by atoms with E-state index >= 15 is 0 Å². The average molecular weight is 339 g/mol. The Morgan fingerprint density at radius 2 is 2.00 bits per heavy atom. The van der Waals surface area contributed by atoms with Crippen molar-refractivity contribution in [2.24, 2.45) is 5.92 Å². The summed E-state index contributed by atoms with van der Waals surface area (Å²) in [5.41, 5.74) is 1.07. The Morgan fingerprint density at radius 1 is 1.35 bits per heavy atom. The molecule has 1 N–H and O–H groups in total. The number of benzene rings is 1. The fourth-order valence-electron chi connectivity index (χ4n) is 1.74. The summed E-state index contributed by atoms with van der Waals surface area (Å²) >= 11 is 3.38. The summed E-state index contributed by atoms with van der Waals surface area (Å²) < 4.78 is 6.17. The third-order valence-corrected chi connectivity index (χ3v) is 3.82. The van der Waals surface area contributed by atoms with Gasteiger partial charge in [0.1, 0.15) is 0 Å². The Labute approximate surface area is 125 Å². The maximum Gasteiger partial charge on any atom is 0.307 e. The Balaban J connectivity index is 2.09. The molecule has 0 aliphatic heterocycles. The molecule has 0 bridgehead atoms. The number of carbonyl (C=O) groups is 1. The van der Waals surface area contributed by atoms with Gasteiger partial charge in [0.25, 0.3) is 0 Å². The molecule has 0 aliphatic carbocycles. The van der Waals surface area contributed by atoms with Gasteiger partial charge in [0.05, 0.1) is 5.92 Å². The van der Waals surface area contributed by atoms with Crippen molar-refractivity contribution in [3.63, 3.8) is 0 Å². The Bertz CT molecular complexity index is 595. The van der Waals surface area contributed by atoms with Crippen molar-refractivity contribution in [2.75, 3.05) is 0 Å². The molecule has 0 spiro atoms. The van der Waals surface area contributed by atoms with E-state index in [9.17, 15) is 4.79 Å². The predicted molar refractivity (Wildman–Crippen MR) is 76.5 cm³/mol. The Morgan fingerprint density at radius 3 is 2.60 bits per heavy atom. The van der Waals surface area contributed by atoms with E-state index in [-0.39, 0.29) is 5.92 Å². The molecule has 6 heteroatoms. The molecule has 0 fully saturated rings. The minimum atomic E-state index is -0.870. The molecule has 5 nitrogen and oxygen atoms in total. The predicted octanol–water partition coefficient (Wildman–Crippen LogP) is 3.25. The summed E-state index contributed by atoms with van der Waals surface area (Å²) in [5, 5.41) is 12.9. The lowest BCUT2D eigenvalue weighted by Gasteiger charge is -2.10. The van der Waals surface area contributed by atoms with E-state index in [1.165, 1.54) is 0 Å². The molecule has 2 rings (SSSR count). The number of aliphatic carboxylic acids is 1. The van der Waals surface area contributed by atoms with Crippen LogP contribution < -0.4 is 0 Å². The van der Waals surface area contributed by atoms with E-state index in [1.807, 2.05) is 24.3 Å². The number of nitrogens with zero attached hydrogens (tertiary/aromatic N) is 2. The van der Waals surface area contributed by atoms with Gasteiger partial charge >= 0.3 is 5.97 Å². The molecule has 106 valence electrons. The number of carboxylic acids is 1. The van der Waals surface area contributed by atoms with Crippen LogP contribution in [0, 0.1) is 5.92 Å². The van der Waals surface area contributed by atoms with Crippen LogP contribution in [0.1, 0.15) is 37.0 Å². The van der Waals surface area contributed by atoms with Gasteiger partial charge in [0, 0.05) is 16.8 Å². The van der Waals surface area contributed by atoms with Crippen molar-refractivity contribution in [2.45, 2.75) is 26.2 Å². The van der Waals surface area contributed by atoms with E-state index in [1.54, 1.807) is 13.8 Å². The summed E-state index contributed by atoms with van der Waals surface area (Å²) in [6.07, 6.45) is 0.560. The van der Waals surface area contributed by atoms with E-state index in [0.29, 0.717) is 18.1 Å². The molecule has 0 aliphatic rings. The van der Waals surface area contributed by atoms with Gasteiger partial charge in [-0.05, 0) is 17.7 Å². The van der Waals surface area contributed by atoms with Crippen LogP contribution in [0.2, 0.25) is 0 Å². The van der Waals surface area contributed by atoms with Crippen LogP contribution in [0.25, 0.3) is 0 Å². The molecular formula is C14H15BrN2O3. The van der Waals surface area contributed by atoms with Crippen LogP contribution in [0.3, 0.4) is 0 Å². The lowest BCUT2D eigenvalue weighted by molar-refractivity contribution is -0.141. The average Bonchev–Trinajstić information content (AvgIpc) is 2.88. The highest BCUT2D eigenvalue weighted by Gasteiger charge is 2.25. The molecule has 0 amide bonds. The van der Waals surface area contributed by atoms with E-state index in [4.69, 9.17) is 9.63 Å². The first-order chi connectivity index (χ1) is 9.47. The zero-order valence-electron chi connectivity index (χ0n) is 11.2. The summed E-state index contributed by atoms with van der Waals surface area (Å²) in [4.78, 5) is 15.2. The fraction of sp³-hybridized carbons (Fsp3) is 0.357. The highest BCUT2D eigenvalue weighted by atomic mass is 79.9. The van der Waals surface area contributed by atoms with Crippen molar-refractivity contribution in [3.8, 4) is 0 Å². The largest absolute Gasteiger partial charge is 0.481 e. The monoisotopic (exact) mass is 338 g/mol. The second-order valence-electron chi connectivity index (χ2n) is 4.77. The highest BCUT2D eigenvalue weighted by molar-refractivity contribution is 9.10. The number of carboxylic acid groups (broad SMARTS) is 1. The quantitative estimate of drug-likeness (QED) is 0.905.